The van der Waals surface area contributed by atoms with Gasteiger partial charge in [0.25, 0.3) is 0 Å². The Balaban J connectivity index is 2.68. The van der Waals surface area contributed by atoms with Gasteiger partial charge in [0.05, 0.1) is 5.02 Å². The highest BCUT2D eigenvalue weighted by Crippen LogP contribution is 2.16. The molecule has 0 unspecified atom stereocenters. The first-order valence-corrected chi connectivity index (χ1v) is 5.50. The van der Waals surface area contributed by atoms with Gasteiger partial charge in [-0.3, -0.25) is 9.59 Å². The van der Waals surface area contributed by atoms with Crippen LogP contribution in [0.1, 0.15) is 29.3 Å². The van der Waals surface area contributed by atoms with Gasteiger partial charge in [-0.2, -0.15) is 0 Å². The highest BCUT2D eigenvalue weighted by Gasteiger charge is 2.02. The van der Waals surface area contributed by atoms with Crippen LogP contribution < -0.4 is 5.32 Å². The number of carbonyl (C=O) groups is 2. The van der Waals surface area contributed by atoms with Crippen LogP contribution in [0.15, 0.2) is 18.2 Å². The predicted molar refractivity (Wildman–Crippen MR) is 67.0 cm³/mol. The number of carbonyl (C=O) groups excluding carboxylic acids is 2. The van der Waals surface area contributed by atoms with Crippen LogP contribution in [0.25, 0.3) is 0 Å². The van der Waals surface area contributed by atoms with E-state index < -0.39 is 0 Å². The van der Waals surface area contributed by atoms with E-state index in [1.165, 1.54) is 6.92 Å². The van der Waals surface area contributed by atoms with Crippen LogP contribution in [0.3, 0.4) is 0 Å². The van der Waals surface area contributed by atoms with Crippen molar-refractivity contribution in [2.45, 2.75) is 13.3 Å². The van der Waals surface area contributed by atoms with Crippen LogP contribution >= 0.6 is 11.6 Å². The van der Waals surface area contributed by atoms with Crippen molar-refractivity contribution >= 4 is 23.8 Å². The second-order valence-corrected chi connectivity index (χ2v) is 3.76. The van der Waals surface area contributed by atoms with Crippen LogP contribution in [0.2, 0.25) is 5.02 Å². The van der Waals surface area contributed by atoms with Gasteiger partial charge in [-0.15, -0.1) is 0 Å². The summed E-state index contributed by atoms with van der Waals surface area (Å²) in [4.78, 5) is 21.4. The van der Waals surface area contributed by atoms with E-state index in [9.17, 15) is 9.59 Å². The van der Waals surface area contributed by atoms with Crippen LogP contribution in [0.5, 0.6) is 0 Å². The molecule has 0 aliphatic heterocycles. The number of halogens is 1. The third-order valence-electron chi connectivity index (χ3n) is 2.02. The molecule has 0 saturated carbocycles. The van der Waals surface area contributed by atoms with Gasteiger partial charge in [0.15, 0.2) is 6.29 Å². The molecule has 1 N–H and O–H groups in total. The van der Waals surface area contributed by atoms with Gasteiger partial charge in [-0.25, -0.2) is 0 Å². The van der Waals surface area contributed by atoms with Crippen molar-refractivity contribution in [3.05, 3.63) is 34.3 Å². The third-order valence-corrected chi connectivity index (χ3v) is 2.35. The second-order valence-electron chi connectivity index (χ2n) is 3.35. The van der Waals surface area contributed by atoms with E-state index in [2.05, 4.69) is 17.2 Å². The first kappa shape index (κ1) is 13.3. The quantitative estimate of drug-likeness (QED) is 0.506. The molecule has 0 aliphatic carbocycles. The summed E-state index contributed by atoms with van der Waals surface area (Å²) in [6.45, 7) is 1.95. The Labute approximate surface area is 105 Å². The van der Waals surface area contributed by atoms with E-state index >= 15 is 0 Å². The van der Waals surface area contributed by atoms with E-state index in [4.69, 9.17) is 11.6 Å². The summed E-state index contributed by atoms with van der Waals surface area (Å²) in [5, 5.41) is 3.03. The molecule has 1 amide bonds. The number of rotatable bonds is 3. The molecule has 0 spiro atoms. The van der Waals surface area contributed by atoms with E-state index in [-0.39, 0.29) is 5.91 Å². The maximum Gasteiger partial charge on any atom is 0.216 e. The number of nitrogens with one attached hydrogen (secondary N) is 1. The van der Waals surface area contributed by atoms with Gasteiger partial charge in [0.2, 0.25) is 5.91 Å². The average molecular weight is 250 g/mol. The van der Waals surface area contributed by atoms with Crippen molar-refractivity contribution in [3.63, 3.8) is 0 Å². The van der Waals surface area contributed by atoms with E-state index in [1.54, 1.807) is 18.2 Å². The fourth-order valence-corrected chi connectivity index (χ4v) is 1.44. The molecule has 4 heteroatoms. The Kier molecular flexibility index (Phi) is 5.25. The average Bonchev–Trinajstić information content (AvgIpc) is 2.28. The van der Waals surface area contributed by atoms with Crippen molar-refractivity contribution < 1.29 is 9.59 Å². The molecule has 17 heavy (non-hydrogen) atoms. The Morgan fingerprint density at radius 2 is 2.29 bits per heavy atom. The lowest BCUT2D eigenvalue weighted by atomic mass is 10.1. The predicted octanol–water partition coefficient (Wildman–Crippen LogP) is 2.03. The first-order chi connectivity index (χ1) is 8.15. The zero-order valence-corrected chi connectivity index (χ0v) is 10.2. The molecule has 0 heterocycles. The SMILES string of the molecule is CC(=O)NCCC#Cc1cccc(Cl)c1C=O. The van der Waals surface area contributed by atoms with Crippen LogP contribution in [0, 0.1) is 11.8 Å². The topological polar surface area (TPSA) is 46.2 Å². The lowest BCUT2D eigenvalue weighted by Crippen LogP contribution is -2.20. The summed E-state index contributed by atoms with van der Waals surface area (Å²) in [6, 6.07) is 5.13. The molecule has 0 aliphatic rings. The van der Waals surface area contributed by atoms with Gasteiger partial charge in [0.1, 0.15) is 0 Å². The third kappa shape index (κ3) is 4.29. The lowest BCUT2D eigenvalue weighted by Gasteiger charge is -1.98. The Morgan fingerprint density at radius 1 is 1.53 bits per heavy atom. The van der Waals surface area contributed by atoms with E-state index in [0.717, 1.165) is 0 Å². The largest absolute Gasteiger partial charge is 0.355 e. The number of amides is 1. The zero-order valence-electron chi connectivity index (χ0n) is 9.42. The molecule has 0 saturated heterocycles. The lowest BCUT2D eigenvalue weighted by molar-refractivity contribution is -0.118. The Bertz CT molecular complexity index is 486. The molecular weight excluding hydrogens is 238 g/mol. The first-order valence-electron chi connectivity index (χ1n) is 5.12. The number of hydrogen-bond acceptors (Lipinski definition) is 2. The minimum Gasteiger partial charge on any atom is -0.355 e. The van der Waals surface area contributed by atoms with Crippen LogP contribution in [0.4, 0.5) is 0 Å². The fraction of sp³-hybridized carbons (Fsp3) is 0.231. The minimum absolute atomic E-state index is 0.0804. The van der Waals surface area contributed by atoms with Crippen LogP contribution in [-0.2, 0) is 4.79 Å². The molecule has 1 rings (SSSR count). The molecule has 1 aromatic rings. The smallest absolute Gasteiger partial charge is 0.216 e. The molecule has 0 fully saturated rings. The Morgan fingerprint density at radius 3 is 2.94 bits per heavy atom. The maximum absolute atomic E-state index is 10.8. The number of hydrogen-bond donors (Lipinski definition) is 1. The molecule has 1 aromatic carbocycles. The molecule has 0 bridgehead atoms. The molecule has 0 radical (unpaired) electrons. The van der Waals surface area contributed by atoms with Crippen molar-refractivity contribution in [2.24, 2.45) is 0 Å². The van der Waals surface area contributed by atoms with Crippen molar-refractivity contribution in [1.82, 2.24) is 5.32 Å². The molecule has 3 nitrogen and oxygen atoms in total. The summed E-state index contributed by atoms with van der Waals surface area (Å²) in [6.07, 6.45) is 1.23. The summed E-state index contributed by atoms with van der Waals surface area (Å²) in [7, 11) is 0. The number of aldehydes is 1. The monoisotopic (exact) mass is 249 g/mol. The van der Waals surface area contributed by atoms with Crippen molar-refractivity contribution in [3.8, 4) is 11.8 Å². The van der Waals surface area contributed by atoms with Gasteiger partial charge in [0, 0.05) is 31.0 Å². The molecule has 0 atom stereocenters. The Hall–Kier alpha value is -1.79. The summed E-state index contributed by atoms with van der Waals surface area (Å²) in [5.41, 5.74) is 1.01. The second kappa shape index (κ2) is 6.72. The van der Waals surface area contributed by atoms with Gasteiger partial charge in [-0.05, 0) is 12.1 Å². The minimum atomic E-state index is -0.0804. The molecule has 0 aromatic heterocycles. The number of benzene rings is 1. The van der Waals surface area contributed by atoms with E-state index in [0.29, 0.717) is 35.4 Å². The molecular formula is C13H12ClNO2. The highest BCUT2D eigenvalue weighted by molar-refractivity contribution is 6.33. The summed E-state index contributed by atoms with van der Waals surface area (Å²) < 4.78 is 0. The highest BCUT2D eigenvalue weighted by atomic mass is 35.5. The molecule has 88 valence electrons. The van der Waals surface area contributed by atoms with Crippen LogP contribution in [-0.4, -0.2) is 18.7 Å². The fourth-order valence-electron chi connectivity index (χ4n) is 1.22. The summed E-state index contributed by atoms with van der Waals surface area (Å²) in [5.74, 6) is 5.66. The maximum atomic E-state index is 10.8. The van der Waals surface area contributed by atoms with E-state index in [1.807, 2.05) is 0 Å². The van der Waals surface area contributed by atoms with Gasteiger partial charge < -0.3 is 5.32 Å². The normalized spacial score (nSPS) is 9.06. The van der Waals surface area contributed by atoms with Gasteiger partial charge in [-0.1, -0.05) is 29.5 Å². The van der Waals surface area contributed by atoms with Crippen molar-refractivity contribution in [2.75, 3.05) is 6.54 Å². The van der Waals surface area contributed by atoms with Crippen molar-refractivity contribution in [1.29, 1.82) is 0 Å². The van der Waals surface area contributed by atoms with Gasteiger partial charge >= 0.3 is 0 Å². The standard InChI is InChI=1S/C13H12ClNO2/c1-10(17)15-8-3-2-5-11-6-4-7-13(14)12(11)9-16/h4,6-7,9H,3,8H2,1H3,(H,15,17). The summed E-state index contributed by atoms with van der Waals surface area (Å²) >= 11 is 5.86. The zero-order chi connectivity index (χ0) is 12.7.